The molecular formula is C18H22ClN3O6. The Morgan fingerprint density at radius 1 is 1.29 bits per heavy atom. The number of carbonyl (C=O) groups is 4. The first-order chi connectivity index (χ1) is 13.1. The normalized spacial score (nSPS) is 15.2. The van der Waals surface area contributed by atoms with Crippen molar-refractivity contribution in [2.24, 2.45) is 0 Å². The maximum absolute atomic E-state index is 12.0. The second-order valence-electron chi connectivity index (χ2n) is 6.67. The number of ether oxygens (including phenoxy) is 2. The highest BCUT2D eigenvalue weighted by molar-refractivity contribution is 6.32. The Labute approximate surface area is 167 Å². The first-order valence-corrected chi connectivity index (χ1v) is 8.95. The molecule has 1 aromatic carbocycles. The van der Waals surface area contributed by atoms with Crippen molar-refractivity contribution < 1.29 is 28.7 Å². The highest BCUT2D eigenvalue weighted by Gasteiger charge is 2.43. The fourth-order valence-electron chi connectivity index (χ4n) is 2.56. The first-order valence-electron chi connectivity index (χ1n) is 8.57. The SMILES string of the molecule is COc1ccc(NC(=O)COC(=O)CCCN2C(=O)NC(C)(C)C2=O)cc1Cl. The lowest BCUT2D eigenvalue weighted by atomic mass is 10.1. The van der Waals surface area contributed by atoms with Crippen molar-refractivity contribution in [1.82, 2.24) is 10.2 Å². The van der Waals surface area contributed by atoms with Crippen LogP contribution in [0, 0.1) is 0 Å². The molecule has 0 aromatic heterocycles. The van der Waals surface area contributed by atoms with E-state index >= 15 is 0 Å². The van der Waals surface area contributed by atoms with E-state index in [0.717, 1.165) is 4.90 Å². The molecule has 0 unspecified atom stereocenters. The Hall–Kier alpha value is -2.81. The van der Waals surface area contributed by atoms with Crippen molar-refractivity contribution in [2.75, 3.05) is 25.6 Å². The maximum atomic E-state index is 12.0. The van der Waals surface area contributed by atoms with E-state index in [1.54, 1.807) is 26.0 Å². The van der Waals surface area contributed by atoms with Crippen molar-refractivity contribution in [2.45, 2.75) is 32.2 Å². The fraction of sp³-hybridized carbons (Fsp3) is 0.444. The van der Waals surface area contributed by atoms with Gasteiger partial charge in [0.2, 0.25) is 0 Å². The van der Waals surface area contributed by atoms with Crippen molar-refractivity contribution in [3.05, 3.63) is 23.2 Å². The van der Waals surface area contributed by atoms with Gasteiger partial charge in [-0.25, -0.2) is 4.79 Å². The number of hydrogen-bond acceptors (Lipinski definition) is 6. The van der Waals surface area contributed by atoms with Crippen molar-refractivity contribution in [3.63, 3.8) is 0 Å². The number of amides is 4. The zero-order valence-corrected chi connectivity index (χ0v) is 16.6. The highest BCUT2D eigenvalue weighted by Crippen LogP contribution is 2.27. The molecule has 1 aliphatic rings. The number of nitrogens with one attached hydrogen (secondary N) is 2. The van der Waals surface area contributed by atoms with Gasteiger partial charge in [0, 0.05) is 18.7 Å². The Kier molecular flexibility index (Phi) is 6.85. The van der Waals surface area contributed by atoms with Gasteiger partial charge in [-0.05, 0) is 38.5 Å². The van der Waals surface area contributed by atoms with Crippen LogP contribution in [0.4, 0.5) is 10.5 Å². The second-order valence-corrected chi connectivity index (χ2v) is 7.08. The molecule has 1 aliphatic heterocycles. The lowest BCUT2D eigenvalue weighted by molar-refractivity contribution is -0.147. The van der Waals surface area contributed by atoms with E-state index < -0.39 is 30.1 Å². The molecule has 0 saturated carbocycles. The molecular weight excluding hydrogens is 390 g/mol. The minimum atomic E-state index is -0.944. The average Bonchev–Trinajstić information content (AvgIpc) is 2.81. The van der Waals surface area contributed by atoms with Crippen LogP contribution >= 0.6 is 11.6 Å². The van der Waals surface area contributed by atoms with Crippen LogP contribution in [-0.4, -0.2) is 54.5 Å². The van der Waals surface area contributed by atoms with Gasteiger partial charge in [0.1, 0.15) is 11.3 Å². The van der Waals surface area contributed by atoms with Crippen LogP contribution in [0.5, 0.6) is 5.75 Å². The van der Waals surface area contributed by atoms with Gasteiger partial charge in [-0.1, -0.05) is 11.6 Å². The van der Waals surface area contributed by atoms with Crippen LogP contribution in [0.3, 0.4) is 0 Å². The van der Waals surface area contributed by atoms with Crippen molar-refractivity contribution in [3.8, 4) is 5.75 Å². The van der Waals surface area contributed by atoms with Crippen LogP contribution in [0.25, 0.3) is 0 Å². The Morgan fingerprint density at radius 3 is 2.57 bits per heavy atom. The molecule has 1 heterocycles. The quantitative estimate of drug-likeness (QED) is 0.499. The van der Waals surface area contributed by atoms with Crippen LogP contribution in [0.1, 0.15) is 26.7 Å². The van der Waals surface area contributed by atoms with E-state index in [-0.39, 0.29) is 25.3 Å². The van der Waals surface area contributed by atoms with Gasteiger partial charge in [0.25, 0.3) is 11.8 Å². The smallest absolute Gasteiger partial charge is 0.325 e. The van der Waals surface area contributed by atoms with Crippen molar-refractivity contribution >= 4 is 41.1 Å². The van der Waals surface area contributed by atoms with Gasteiger partial charge in [-0.15, -0.1) is 0 Å². The summed E-state index contributed by atoms with van der Waals surface area (Å²) >= 11 is 5.97. The van der Waals surface area contributed by atoms with Gasteiger partial charge >= 0.3 is 12.0 Å². The number of hydrogen-bond donors (Lipinski definition) is 2. The summed E-state index contributed by atoms with van der Waals surface area (Å²) in [6, 6.07) is 4.23. The first kappa shape index (κ1) is 21.5. The second kappa shape index (κ2) is 8.92. The van der Waals surface area contributed by atoms with E-state index in [9.17, 15) is 19.2 Å². The third kappa shape index (κ3) is 5.35. The summed E-state index contributed by atoms with van der Waals surface area (Å²) in [6.07, 6.45) is 0.211. The summed E-state index contributed by atoms with van der Waals surface area (Å²) in [7, 11) is 1.48. The number of rotatable bonds is 8. The molecule has 10 heteroatoms. The van der Waals surface area contributed by atoms with Crippen molar-refractivity contribution in [1.29, 1.82) is 0 Å². The number of anilines is 1. The average molecular weight is 412 g/mol. The highest BCUT2D eigenvalue weighted by atomic mass is 35.5. The third-order valence-electron chi connectivity index (χ3n) is 4.01. The minimum absolute atomic E-state index is 0.0286. The molecule has 2 rings (SSSR count). The Balaban J connectivity index is 1.71. The molecule has 0 spiro atoms. The molecule has 0 radical (unpaired) electrons. The molecule has 2 N–H and O–H groups in total. The molecule has 0 aliphatic carbocycles. The maximum Gasteiger partial charge on any atom is 0.325 e. The molecule has 1 aromatic rings. The monoisotopic (exact) mass is 411 g/mol. The number of methoxy groups -OCH3 is 1. The molecule has 1 fully saturated rings. The number of esters is 1. The van der Waals surface area contributed by atoms with E-state index in [1.165, 1.54) is 13.2 Å². The van der Waals surface area contributed by atoms with E-state index in [4.69, 9.17) is 21.1 Å². The lowest BCUT2D eigenvalue weighted by Gasteiger charge is -2.15. The zero-order valence-electron chi connectivity index (χ0n) is 15.8. The summed E-state index contributed by atoms with van der Waals surface area (Å²) in [5.74, 6) is -0.997. The van der Waals surface area contributed by atoms with E-state index in [0.29, 0.717) is 16.5 Å². The number of halogens is 1. The predicted molar refractivity (Wildman–Crippen MR) is 101 cm³/mol. The standard InChI is InChI=1S/C18H22ClN3O6/c1-18(2)16(25)22(17(26)21-18)8-4-5-15(24)28-10-14(23)20-11-6-7-13(27-3)12(19)9-11/h6-7,9H,4-5,8,10H2,1-3H3,(H,20,23)(H,21,26). The molecule has 0 atom stereocenters. The van der Waals surface area contributed by atoms with Gasteiger partial charge in [-0.3, -0.25) is 19.3 Å². The third-order valence-corrected chi connectivity index (χ3v) is 4.30. The van der Waals surface area contributed by atoms with Crippen LogP contribution in [0.2, 0.25) is 5.02 Å². The number of carbonyl (C=O) groups excluding carboxylic acids is 4. The lowest BCUT2D eigenvalue weighted by Crippen LogP contribution is -2.40. The van der Waals surface area contributed by atoms with E-state index in [2.05, 4.69) is 10.6 Å². The van der Waals surface area contributed by atoms with Crippen LogP contribution in [0.15, 0.2) is 18.2 Å². The van der Waals surface area contributed by atoms with Crippen LogP contribution in [-0.2, 0) is 19.1 Å². The predicted octanol–water partition coefficient (Wildman–Crippen LogP) is 1.94. The molecule has 0 bridgehead atoms. The summed E-state index contributed by atoms with van der Waals surface area (Å²) < 4.78 is 9.92. The summed E-state index contributed by atoms with van der Waals surface area (Å²) in [6.45, 7) is 2.85. The summed E-state index contributed by atoms with van der Waals surface area (Å²) in [4.78, 5) is 48.4. The minimum Gasteiger partial charge on any atom is -0.495 e. The number of urea groups is 1. The summed E-state index contributed by atoms with van der Waals surface area (Å²) in [5, 5.41) is 5.44. The van der Waals surface area contributed by atoms with Gasteiger partial charge < -0.3 is 20.1 Å². The zero-order chi connectivity index (χ0) is 20.9. The summed E-state index contributed by atoms with van der Waals surface area (Å²) in [5.41, 5.74) is -0.506. The number of imide groups is 1. The Morgan fingerprint density at radius 2 is 2.00 bits per heavy atom. The Bertz CT molecular complexity index is 796. The van der Waals surface area contributed by atoms with E-state index in [1.807, 2.05) is 0 Å². The molecule has 4 amide bonds. The number of benzene rings is 1. The largest absolute Gasteiger partial charge is 0.495 e. The molecule has 1 saturated heterocycles. The molecule has 9 nitrogen and oxygen atoms in total. The molecule has 152 valence electrons. The van der Waals surface area contributed by atoms with Gasteiger partial charge in [0.05, 0.1) is 12.1 Å². The topological polar surface area (TPSA) is 114 Å². The fourth-order valence-corrected chi connectivity index (χ4v) is 2.82. The van der Waals surface area contributed by atoms with Gasteiger partial charge in [0.15, 0.2) is 6.61 Å². The number of nitrogens with zero attached hydrogens (tertiary/aromatic N) is 1. The van der Waals surface area contributed by atoms with Gasteiger partial charge in [-0.2, -0.15) is 0 Å². The molecule has 28 heavy (non-hydrogen) atoms. The van der Waals surface area contributed by atoms with Crippen LogP contribution < -0.4 is 15.4 Å².